The highest BCUT2D eigenvalue weighted by Gasteiger charge is 2.34. The Bertz CT molecular complexity index is 746. The van der Waals surface area contributed by atoms with E-state index >= 15 is 0 Å². The van der Waals surface area contributed by atoms with Gasteiger partial charge in [-0.2, -0.15) is 0 Å². The highest BCUT2D eigenvalue weighted by Crippen LogP contribution is 2.26. The molecule has 1 unspecified atom stereocenters. The third kappa shape index (κ3) is 2.47. The third-order valence-electron chi connectivity index (χ3n) is 4.47. The molecule has 116 valence electrons. The average molecular weight is 301 g/mol. The minimum absolute atomic E-state index is 0.147. The van der Waals surface area contributed by atoms with Crippen LogP contribution in [-0.4, -0.2) is 34.5 Å². The van der Waals surface area contributed by atoms with Crippen LogP contribution in [-0.2, 0) is 16.0 Å². The van der Waals surface area contributed by atoms with Crippen LogP contribution in [0.1, 0.15) is 29.5 Å². The van der Waals surface area contributed by atoms with Gasteiger partial charge in [-0.1, -0.05) is 0 Å². The molecular formula is C17H19NO4. The molecule has 1 N–H and O–H groups in total. The van der Waals surface area contributed by atoms with Crippen molar-refractivity contribution in [1.82, 2.24) is 4.90 Å². The maximum Gasteiger partial charge on any atom is 0.326 e. The molecule has 1 atom stereocenters. The lowest BCUT2D eigenvalue weighted by atomic mass is 10.0. The van der Waals surface area contributed by atoms with E-state index in [9.17, 15) is 14.7 Å². The van der Waals surface area contributed by atoms with Crippen molar-refractivity contribution in [3.63, 3.8) is 0 Å². The van der Waals surface area contributed by atoms with E-state index in [1.54, 1.807) is 6.26 Å². The molecule has 2 heterocycles. The number of carbonyl (C=O) groups is 2. The summed E-state index contributed by atoms with van der Waals surface area (Å²) in [6.45, 7) is 4.56. The largest absolute Gasteiger partial charge is 0.480 e. The standard InChI is InChI=1S/C17H19NO4/c1-10-6-13-12(9-22-15(13)7-11(10)2)8-16(19)18-5-3-4-14(18)17(20)21/h6-7,9,14H,3-5,8H2,1-2H3,(H,20,21). The number of carboxylic acid groups (broad SMARTS) is 1. The minimum atomic E-state index is -0.922. The van der Waals surface area contributed by atoms with Crippen molar-refractivity contribution in [2.45, 2.75) is 39.2 Å². The van der Waals surface area contributed by atoms with Crippen molar-refractivity contribution >= 4 is 22.8 Å². The first kappa shape index (κ1) is 14.6. The Hall–Kier alpha value is -2.30. The third-order valence-corrected chi connectivity index (χ3v) is 4.47. The minimum Gasteiger partial charge on any atom is -0.480 e. The van der Waals surface area contributed by atoms with Crippen molar-refractivity contribution < 1.29 is 19.1 Å². The average Bonchev–Trinajstić information content (AvgIpc) is 3.08. The van der Waals surface area contributed by atoms with Gasteiger partial charge in [-0.05, 0) is 49.9 Å². The summed E-state index contributed by atoms with van der Waals surface area (Å²) in [5, 5.41) is 10.1. The number of aliphatic carboxylic acids is 1. The van der Waals surface area contributed by atoms with Crippen LogP contribution in [0.4, 0.5) is 0 Å². The van der Waals surface area contributed by atoms with Gasteiger partial charge in [-0.25, -0.2) is 4.79 Å². The molecule has 5 nitrogen and oxygen atoms in total. The van der Waals surface area contributed by atoms with Crippen molar-refractivity contribution in [2.24, 2.45) is 0 Å². The number of likely N-dealkylation sites (tertiary alicyclic amines) is 1. The number of nitrogens with zero attached hydrogens (tertiary/aromatic N) is 1. The van der Waals surface area contributed by atoms with E-state index in [0.29, 0.717) is 13.0 Å². The first-order valence-corrected chi connectivity index (χ1v) is 7.47. The van der Waals surface area contributed by atoms with Gasteiger partial charge >= 0.3 is 5.97 Å². The van der Waals surface area contributed by atoms with E-state index in [0.717, 1.165) is 34.1 Å². The van der Waals surface area contributed by atoms with Gasteiger partial charge in [0.25, 0.3) is 0 Å². The van der Waals surface area contributed by atoms with Gasteiger partial charge in [0.05, 0.1) is 12.7 Å². The normalized spacial score (nSPS) is 18.1. The summed E-state index contributed by atoms with van der Waals surface area (Å²) >= 11 is 0. The molecule has 0 spiro atoms. The van der Waals surface area contributed by atoms with Gasteiger partial charge in [-0.3, -0.25) is 4.79 Å². The van der Waals surface area contributed by atoms with E-state index in [1.807, 2.05) is 26.0 Å². The molecule has 0 saturated carbocycles. The number of benzene rings is 1. The Morgan fingerprint density at radius 2 is 2.05 bits per heavy atom. The van der Waals surface area contributed by atoms with Gasteiger partial charge in [-0.15, -0.1) is 0 Å². The quantitative estimate of drug-likeness (QED) is 0.946. The number of hydrogen-bond donors (Lipinski definition) is 1. The van der Waals surface area contributed by atoms with E-state index in [1.165, 1.54) is 4.90 Å². The zero-order valence-corrected chi connectivity index (χ0v) is 12.8. The van der Waals surface area contributed by atoms with Crippen LogP contribution in [0.25, 0.3) is 11.0 Å². The molecule has 1 amide bonds. The summed E-state index contributed by atoms with van der Waals surface area (Å²) in [5.41, 5.74) is 3.87. The summed E-state index contributed by atoms with van der Waals surface area (Å²) in [7, 11) is 0. The number of hydrogen-bond acceptors (Lipinski definition) is 3. The Kier molecular flexibility index (Phi) is 3.64. The molecule has 1 aromatic heterocycles. The smallest absolute Gasteiger partial charge is 0.326 e. The predicted octanol–water partition coefficient (Wildman–Crippen LogP) is 2.67. The first-order chi connectivity index (χ1) is 10.5. The lowest BCUT2D eigenvalue weighted by molar-refractivity contribution is -0.147. The van der Waals surface area contributed by atoms with Crippen LogP contribution >= 0.6 is 0 Å². The first-order valence-electron chi connectivity index (χ1n) is 7.47. The fraction of sp³-hybridized carbons (Fsp3) is 0.412. The Labute approximate surface area is 128 Å². The number of carboxylic acids is 1. The Morgan fingerprint density at radius 1 is 1.32 bits per heavy atom. The topological polar surface area (TPSA) is 70.8 Å². The summed E-state index contributed by atoms with van der Waals surface area (Å²) in [6.07, 6.45) is 3.06. The zero-order valence-electron chi connectivity index (χ0n) is 12.8. The lowest BCUT2D eigenvalue weighted by Gasteiger charge is -2.21. The molecule has 0 aliphatic carbocycles. The van der Waals surface area contributed by atoms with Gasteiger partial charge in [0.15, 0.2) is 0 Å². The van der Waals surface area contributed by atoms with Crippen LogP contribution in [0.5, 0.6) is 0 Å². The number of fused-ring (bicyclic) bond motifs is 1. The lowest BCUT2D eigenvalue weighted by Crippen LogP contribution is -2.41. The summed E-state index contributed by atoms with van der Waals surface area (Å²) in [5.74, 6) is -1.07. The number of amides is 1. The molecular weight excluding hydrogens is 282 g/mol. The second-order valence-electron chi connectivity index (χ2n) is 5.95. The second-order valence-corrected chi connectivity index (χ2v) is 5.95. The summed E-state index contributed by atoms with van der Waals surface area (Å²) < 4.78 is 5.54. The fourth-order valence-corrected chi connectivity index (χ4v) is 3.06. The van der Waals surface area contributed by atoms with Crippen LogP contribution < -0.4 is 0 Å². The van der Waals surface area contributed by atoms with Gasteiger partial charge < -0.3 is 14.4 Å². The zero-order chi connectivity index (χ0) is 15.9. The van der Waals surface area contributed by atoms with Crippen molar-refractivity contribution in [3.8, 4) is 0 Å². The molecule has 1 aromatic carbocycles. The molecule has 5 heteroatoms. The highest BCUT2D eigenvalue weighted by molar-refractivity contribution is 5.90. The Morgan fingerprint density at radius 3 is 2.77 bits per heavy atom. The van der Waals surface area contributed by atoms with Crippen molar-refractivity contribution in [3.05, 3.63) is 35.1 Å². The van der Waals surface area contributed by atoms with E-state index in [-0.39, 0.29) is 12.3 Å². The maximum absolute atomic E-state index is 12.4. The Balaban J connectivity index is 1.85. The van der Waals surface area contributed by atoms with E-state index in [4.69, 9.17) is 4.42 Å². The van der Waals surface area contributed by atoms with E-state index < -0.39 is 12.0 Å². The van der Waals surface area contributed by atoms with Crippen LogP contribution in [0.3, 0.4) is 0 Å². The molecule has 3 rings (SSSR count). The van der Waals surface area contributed by atoms with Crippen molar-refractivity contribution in [2.75, 3.05) is 6.54 Å². The number of aryl methyl sites for hydroxylation is 2. The molecule has 2 aromatic rings. The van der Waals surface area contributed by atoms with Crippen LogP contribution in [0.2, 0.25) is 0 Å². The predicted molar refractivity (Wildman–Crippen MR) is 81.8 cm³/mol. The number of rotatable bonds is 3. The number of furan rings is 1. The molecule has 1 aliphatic heterocycles. The summed E-state index contributed by atoms with van der Waals surface area (Å²) in [6, 6.07) is 3.30. The monoisotopic (exact) mass is 301 g/mol. The van der Waals surface area contributed by atoms with Gasteiger partial charge in [0, 0.05) is 17.5 Å². The summed E-state index contributed by atoms with van der Waals surface area (Å²) in [4.78, 5) is 25.1. The maximum atomic E-state index is 12.4. The van der Waals surface area contributed by atoms with Crippen LogP contribution in [0.15, 0.2) is 22.8 Å². The second kappa shape index (κ2) is 5.48. The van der Waals surface area contributed by atoms with E-state index in [2.05, 4.69) is 0 Å². The van der Waals surface area contributed by atoms with Crippen LogP contribution in [0, 0.1) is 13.8 Å². The molecule has 1 aliphatic rings. The number of carbonyl (C=O) groups excluding carboxylic acids is 1. The molecule has 0 radical (unpaired) electrons. The SMILES string of the molecule is Cc1cc2occ(CC(=O)N3CCCC3C(=O)O)c2cc1C. The molecule has 1 fully saturated rings. The van der Waals surface area contributed by atoms with Gasteiger partial charge in [0.2, 0.25) is 5.91 Å². The fourth-order valence-electron chi connectivity index (χ4n) is 3.06. The molecule has 1 saturated heterocycles. The molecule has 0 bridgehead atoms. The highest BCUT2D eigenvalue weighted by atomic mass is 16.4. The van der Waals surface area contributed by atoms with Crippen molar-refractivity contribution in [1.29, 1.82) is 0 Å². The molecule has 22 heavy (non-hydrogen) atoms. The van der Waals surface area contributed by atoms with Gasteiger partial charge in [0.1, 0.15) is 11.6 Å².